The van der Waals surface area contributed by atoms with Gasteiger partial charge >= 0.3 is 11.9 Å². The summed E-state index contributed by atoms with van der Waals surface area (Å²) in [5.74, 6) is 0.209. The van der Waals surface area contributed by atoms with Crippen molar-refractivity contribution in [3.63, 3.8) is 0 Å². The van der Waals surface area contributed by atoms with Gasteiger partial charge in [-0.15, -0.1) is 6.42 Å². The van der Waals surface area contributed by atoms with Crippen molar-refractivity contribution < 1.29 is 19.8 Å². The molecule has 0 saturated carbocycles. The van der Waals surface area contributed by atoms with Gasteiger partial charge in [-0.1, -0.05) is 42.3 Å². The minimum Gasteiger partial charge on any atom is -0.478 e. The van der Waals surface area contributed by atoms with Gasteiger partial charge in [0, 0.05) is 5.56 Å². The van der Waals surface area contributed by atoms with Crippen molar-refractivity contribution in [3.8, 4) is 34.6 Å². The van der Waals surface area contributed by atoms with Crippen LogP contribution in [0.1, 0.15) is 26.3 Å². The van der Waals surface area contributed by atoms with E-state index in [1.165, 1.54) is 29.3 Å². The van der Waals surface area contributed by atoms with Crippen molar-refractivity contribution >= 4 is 11.9 Å². The number of hydrogen-bond acceptors (Lipinski definition) is 2. The van der Waals surface area contributed by atoms with E-state index in [0.717, 1.165) is 0 Å². The molecule has 2 aliphatic carbocycles. The highest BCUT2D eigenvalue weighted by molar-refractivity contribution is 5.99. The van der Waals surface area contributed by atoms with Gasteiger partial charge in [-0.25, -0.2) is 9.59 Å². The molecule has 126 valence electrons. The van der Waals surface area contributed by atoms with E-state index in [-0.39, 0.29) is 11.1 Å². The van der Waals surface area contributed by atoms with Crippen LogP contribution in [0.4, 0.5) is 0 Å². The second-order valence-electron chi connectivity index (χ2n) is 5.64. The number of hydrogen-bond donors (Lipinski definition) is 2. The molecule has 2 aromatic rings. The van der Waals surface area contributed by atoms with Crippen LogP contribution in [0.25, 0.3) is 22.3 Å². The first-order chi connectivity index (χ1) is 12.5. The normalized spacial score (nSPS) is 10.1. The lowest BCUT2D eigenvalue weighted by Gasteiger charge is -2.09. The van der Waals surface area contributed by atoms with Crippen LogP contribution in [0.2, 0.25) is 0 Å². The Hall–Kier alpha value is -3.84. The second-order valence-corrected chi connectivity index (χ2v) is 5.64. The summed E-state index contributed by atoms with van der Waals surface area (Å²) >= 11 is 0. The van der Waals surface area contributed by atoms with Crippen LogP contribution >= 0.6 is 0 Å². The largest absolute Gasteiger partial charge is 0.478 e. The van der Waals surface area contributed by atoms with Gasteiger partial charge in [-0.2, -0.15) is 0 Å². The molecule has 0 aliphatic heterocycles. The van der Waals surface area contributed by atoms with E-state index in [0.29, 0.717) is 16.7 Å². The molecular formula is C22H14O4. The molecule has 2 aromatic carbocycles. The zero-order chi connectivity index (χ0) is 18.7. The van der Waals surface area contributed by atoms with Crippen LogP contribution in [-0.2, 0) is 0 Å². The minimum absolute atomic E-state index is 0.0109. The molecule has 0 fully saturated rings. The maximum Gasteiger partial charge on any atom is 0.336 e. The first-order valence-electron chi connectivity index (χ1n) is 7.78. The molecule has 2 N–H and O–H groups in total. The lowest BCUT2D eigenvalue weighted by Crippen LogP contribution is -2.04. The standard InChI is InChI=1S/C16H10O4.C6H4/c1-2-10-5-3-4-6-12(10)14-9-11(15(17)18)7-8-13(14)16(19)20;1-2-5-4-6(5)3-1/h1,3-9H,(H,17,18)(H,19,20);1-4H. The molecular weight excluding hydrogens is 328 g/mol. The maximum absolute atomic E-state index is 11.3. The number of fused-ring (bicyclic) bond motifs is 1. The summed E-state index contributed by atoms with van der Waals surface area (Å²) in [6.45, 7) is 0. The number of benzene rings is 3. The highest BCUT2D eigenvalue weighted by atomic mass is 16.4. The third-order valence-corrected chi connectivity index (χ3v) is 3.98. The Morgan fingerprint density at radius 1 is 0.769 bits per heavy atom. The molecule has 26 heavy (non-hydrogen) atoms. The molecule has 0 spiro atoms. The molecule has 0 aromatic heterocycles. The van der Waals surface area contributed by atoms with Gasteiger partial charge in [-0.05, 0) is 52.6 Å². The summed E-state index contributed by atoms with van der Waals surface area (Å²) in [4.78, 5) is 22.3. The van der Waals surface area contributed by atoms with E-state index < -0.39 is 11.9 Å². The summed E-state index contributed by atoms with van der Waals surface area (Å²) in [7, 11) is 0. The summed E-state index contributed by atoms with van der Waals surface area (Å²) in [5, 5.41) is 18.2. The van der Waals surface area contributed by atoms with Gasteiger partial charge in [0.2, 0.25) is 0 Å². The van der Waals surface area contributed by atoms with Crippen LogP contribution in [0, 0.1) is 12.3 Å². The lowest BCUT2D eigenvalue weighted by atomic mass is 9.94. The van der Waals surface area contributed by atoms with Crippen molar-refractivity contribution in [1.29, 1.82) is 0 Å². The van der Waals surface area contributed by atoms with E-state index in [2.05, 4.69) is 30.2 Å². The fraction of sp³-hybridized carbons (Fsp3) is 0. The summed E-state index contributed by atoms with van der Waals surface area (Å²) in [5.41, 5.74) is 4.21. The van der Waals surface area contributed by atoms with Crippen molar-refractivity contribution in [1.82, 2.24) is 0 Å². The number of rotatable bonds is 3. The Bertz CT molecular complexity index is 1040. The Morgan fingerprint density at radius 3 is 1.96 bits per heavy atom. The van der Waals surface area contributed by atoms with Gasteiger partial charge in [0.25, 0.3) is 0 Å². The Balaban J connectivity index is 0.000000269. The molecule has 0 atom stereocenters. The Labute approximate surface area is 150 Å². The fourth-order valence-corrected chi connectivity index (χ4v) is 2.61. The van der Waals surface area contributed by atoms with E-state index in [1.807, 2.05) is 0 Å². The number of carboxylic acid groups (broad SMARTS) is 2. The molecule has 0 unspecified atom stereocenters. The van der Waals surface area contributed by atoms with Gasteiger partial charge in [0.15, 0.2) is 0 Å². The highest BCUT2D eigenvalue weighted by Crippen LogP contribution is 2.32. The number of terminal acetylenes is 1. The lowest BCUT2D eigenvalue weighted by molar-refractivity contribution is 0.0682. The molecule has 4 heteroatoms. The van der Waals surface area contributed by atoms with Crippen LogP contribution in [0.15, 0.2) is 66.7 Å². The predicted octanol–water partition coefficient (Wildman–Crippen LogP) is 4.40. The molecule has 0 radical (unpaired) electrons. The minimum atomic E-state index is -1.14. The number of carboxylic acids is 2. The molecule has 0 bridgehead atoms. The molecule has 0 saturated heterocycles. The quantitative estimate of drug-likeness (QED) is 0.541. The van der Waals surface area contributed by atoms with Crippen molar-refractivity contribution in [2.45, 2.75) is 0 Å². The zero-order valence-electron chi connectivity index (χ0n) is 13.6. The van der Waals surface area contributed by atoms with Gasteiger partial charge in [-0.3, -0.25) is 0 Å². The monoisotopic (exact) mass is 342 g/mol. The molecule has 2 aliphatic rings. The Kier molecular flexibility index (Phi) is 4.55. The number of carbonyl (C=O) groups is 2. The predicted molar refractivity (Wildman–Crippen MR) is 99.2 cm³/mol. The van der Waals surface area contributed by atoms with Crippen LogP contribution < -0.4 is 0 Å². The highest BCUT2D eigenvalue weighted by Gasteiger charge is 2.16. The van der Waals surface area contributed by atoms with Crippen LogP contribution in [-0.4, -0.2) is 22.2 Å². The third-order valence-electron chi connectivity index (χ3n) is 3.98. The van der Waals surface area contributed by atoms with E-state index in [9.17, 15) is 14.7 Å². The third kappa shape index (κ3) is 3.47. The summed E-state index contributed by atoms with van der Waals surface area (Å²) in [6, 6.07) is 19.1. The van der Waals surface area contributed by atoms with Crippen molar-refractivity contribution in [3.05, 3.63) is 83.4 Å². The molecule has 4 rings (SSSR count). The number of aromatic carboxylic acids is 2. The van der Waals surface area contributed by atoms with Gasteiger partial charge in [0.1, 0.15) is 0 Å². The first-order valence-corrected chi connectivity index (χ1v) is 7.78. The van der Waals surface area contributed by atoms with Crippen molar-refractivity contribution in [2.24, 2.45) is 0 Å². The fourth-order valence-electron chi connectivity index (χ4n) is 2.61. The summed E-state index contributed by atoms with van der Waals surface area (Å²) < 4.78 is 0. The first kappa shape index (κ1) is 17.0. The van der Waals surface area contributed by atoms with Crippen LogP contribution in [0.5, 0.6) is 0 Å². The van der Waals surface area contributed by atoms with Gasteiger partial charge < -0.3 is 10.2 Å². The molecule has 0 heterocycles. The topological polar surface area (TPSA) is 74.6 Å². The zero-order valence-corrected chi connectivity index (χ0v) is 13.6. The SMILES string of the molecule is C#Cc1ccccc1-c1cc(C(=O)O)ccc1C(=O)O.c1cc2cc-2c1. The Morgan fingerprint density at radius 2 is 1.46 bits per heavy atom. The van der Waals surface area contributed by atoms with Crippen molar-refractivity contribution in [2.75, 3.05) is 0 Å². The average molecular weight is 342 g/mol. The smallest absolute Gasteiger partial charge is 0.336 e. The molecule has 0 amide bonds. The summed E-state index contributed by atoms with van der Waals surface area (Å²) in [6.07, 6.45) is 5.40. The van der Waals surface area contributed by atoms with Gasteiger partial charge in [0.05, 0.1) is 11.1 Å². The van der Waals surface area contributed by atoms with E-state index in [4.69, 9.17) is 11.5 Å². The van der Waals surface area contributed by atoms with E-state index >= 15 is 0 Å². The molecule has 4 nitrogen and oxygen atoms in total. The maximum atomic E-state index is 11.3. The van der Waals surface area contributed by atoms with Crippen LogP contribution in [0.3, 0.4) is 0 Å². The second kappa shape index (κ2) is 6.96. The van der Waals surface area contributed by atoms with E-state index in [1.54, 1.807) is 24.3 Å². The average Bonchev–Trinajstić information content (AvgIpc) is 3.26.